The van der Waals surface area contributed by atoms with E-state index in [0.29, 0.717) is 5.69 Å². The van der Waals surface area contributed by atoms with Gasteiger partial charge in [0.15, 0.2) is 5.78 Å². The molecule has 0 fully saturated rings. The summed E-state index contributed by atoms with van der Waals surface area (Å²) in [7, 11) is 0. The third-order valence-corrected chi connectivity index (χ3v) is 6.14. The molecule has 0 spiro atoms. The molecule has 192 valence electrons. The van der Waals surface area contributed by atoms with Gasteiger partial charge in [-0.05, 0) is 60.5 Å². The summed E-state index contributed by atoms with van der Waals surface area (Å²) < 4.78 is 0.942. The molecule has 1 atom stereocenters. The molecule has 1 aromatic heterocycles. The third-order valence-electron chi connectivity index (χ3n) is 5.91. The Morgan fingerprint density at radius 3 is 2.26 bits per heavy atom. The maximum Gasteiger partial charge on any atom is 0.335 e. The molecule has 1 heterocycles. The first kappa shape index (κ1) is 26.3. The van der Waals surface area contributed by atoms with Crippen LogP contribution in [0.3, 0.4) is 0 Å². The van der Waals surface area contributed by atoms with Crippen molar-refractivity contribution in [1.29, 1.82) is 0 Å². The highest BCUT2D eigenvalue weighted by Crippen LogP contribution is 2.25. The summed E-state index contributed by atoms with van der Waals surface area (Å²) in [6, 6.07) is 18.8. The van der Waals surface area contributed by atoms with Gasteiger partial charge in [-0.15, -0.1) is 0 Å². The minimum Gasteiger partial charge on any atom is -0.478 e. The number of aromatic amines is 1. The van der Waals surface area contributed by atoms with E-state index < -0.39 is 29.0 Å². The first-order valence-corrected chi connectivity index (χ1v) is 11.9. The van der Waals surface area contributed by atoms with Crippen LogP contribution in [-0.2, 0) is 11.2 Å². The summed E-state index contributed by atoms with van der Waals surface area (Å²) in [4.78, 5) is 63.0. The van der Waals surface area contributed by atoms with Crippen molar-refractivity contribution < 1.29 is 19.5 Å². The molecule has 4 rings (SSSR count). The van der Waals surface area contributed by atoms with Gasteiger partial charge < -0.3 is 10.4 Å². The Morgan fingerprint density at radius 2 is 1.63 bits per heavy atom. The Hall–Kier alpha value is -4.76. The lowest BCUT2D eigenvalue weighted by atomic mass is 9.98. The molecule has 10 heteroatoms. The third kappa shape index (κ3) is 5.79. The molecule has 9 nitrogen and oxygen atoms in total. The average Bonchev–Trinajstić information content (AvgIpc) is 2.89. The van der Waals surface area contributed by atoms with Gasteiger partial charge in [-0.25, -0.2) is 9.48 Å². The summed E-state index contributed by atoms with van der Waals surface area (Å²) in [5.41, 5.74) is 0.110. The number of ketones is 1. The van der Waals surface area contributed by atoms with Gasteiger partial charge in [-0.1, -0.05) is 41.9 Å². The van der Waals surface area contributed by atoms with Gasteiger partial charge in [0, 0.05) is 28.8 Å². The van der Waals surface area contributed by atoms with Crippen LogP contribution in [-0.4, -0.2) is 32.5 Å². The standard InChI is InChI=1S/C28H22ClN3O6/c1-16(33)21-12-9-19(29)14-22(21)23-15-25(34)32(31-26(23)35)24(13-17-5-3-2-4-6-17)27(36)30-20-10-7-18(8-11-20)28(37)38/h2-12,14-15,24H,13H2,1H3,(H,30,36)(H,31,35)(H,37,38)/t24-/m0/s1. The van der Waals surface area contributed by atoms with Crippen molar-refractivity contribution in [2.75, 3.05) is 5.32 Å². The number of anilines is 1. The SMILES string of the molecule is CC(=O)c1ccc(Cl)cc1-c1cc(=O)n([C@@H](Cc2ccccc2)C(=O)Nc2ccc(C(=O)O)cc2)[nH]c1=O. The van der Waals surface area contributed by atoms with Gasteiger partial charge in [0.25, 0.3) is 11.1 Å². The largest absolute Gasteiger partial charge is 0.478 e. The Balaban J connectivity index is 1.76. The Bertz CT molecular complexity index is 1640. The van der Waals surface area contributed by atoms with Gasteiger partial charge >= 0.3 is 5.97 Å². The van der Waals surface area contributed by atoms with E-state index in [9.17, 15) is 24.0 Å². The maximum absolute atomic E-state index is 13.4. The van der Waals surface area contributed by atoms with Crippen LogP contribution >= 0.6 is 11.6 Å². The number of nitrogens with zero attached hydrogens (tertiary/aromatic N) is 1. The first-order chi connectivity index (χ1) is 18.1. The highest BCUT2D eigenvalue weighted by Gasteiger charge is 2.25. The van der Waals surface area contributed by atoms with E-state index in [1.165, 1.54) is 49.4 Å². The van der Waals surface area contributed by atoms with Crippen LogP contribution in [0.15, 0.2) is 88.5 Å². The van der Waals surface area contributed by atoms with E-state index in [2.05, 4.69) is 10.4 Å². The normalized spacial score (nSPS) is 11.5. The summed E-state index contributed by atoms with van der Waals surface area (Å²) in [5.74, 6) is -2.02. The van der Waals surface area contributed by atoms with Crippen LogP contribution in [0.4, 0.5) is 5.69 Å². The molecule has 0 unspecified atom stereocenters. The number of rotatable bonds is 8. The number of halogens is 1. The van der Waals surface area contributed by atoms with Crippen molar-refractivity contribution in [3.8, 4) is 11.1 Å². The van der Waals surface area contributed by atoms with Crippen LogP contribution in [0.2, 0.25) is 5.02 Å². The van der Waals surface area contributed by atoms with E-state index in [-0.39, 0.29) is 39.5 Å². The number of H-pyrrole nitrogens is 1. The summed E-state index contributed by atoms with van der Waals surface area (Å²) >= 11 is 6.09. The number of hydrogen-bond donors (Lipinski definition) is 3. The molecular weight excluding hydrogens is 510 g/mol. The first-order valence-electron chi connectivity index (χ1n) is 11.5. The Labute approximate surface area is 221 Å². The minimum absolute atomic E-state index is 0.0471. The highest BCUT2D eigenvalue weighted by molar-refractivity contribution is 6.31. The van der Waals surface area contributed by atoms with Crippen LogP contribution in [0.25, 0.3) is 11.1 Å². The van der Waals surface area contributed by atoms with Gasteiger partial charge in [0.1, 0.15) is 6.04 Å². The van der Waals surface area contributed by atoms with E-state index in [1.807, 2.05) is 6.07 Å². The lowest BCUT2D eigenvalue weighted by Gasteiger charge is -2.20. The molecule has 1 amide bonds. The maximum atomic E-state index is 13.4. The number of carbonyl (C=O) groups is 3. The molecule has 0 saturated heterocycles. The van der Waals surface area contributed by atoms with Crippen LogP contribution < -0.4 is 16.4 Å². The lowest BCUT2D eigenvalue weighted by Crippen LogP contribution is -2.39. The number of amides is 1. The molecule has 38 heavy (non-hydrogen) atoms. The lowest BCUT2D eigenvalue weighted by molar-refractivity contribution is -0.119. The van der Waals surface area contributed by atoms with Crippen LogP contribution in [0.1, 0.15) is 39.2 Å². The molecule has 0 aliphatic heterocycles. The summed E-state index contributed by atoms with van der Waals surface area (Å²) in [6.45, 7) is 1.34. The number of Topliss-reactive ketones (excluding diaryl/α,β-unsaturated/α-hetero) is 1. The van der Waals surface area contributed by atoms with Crippen molar-refractivity contribution in [2.24, 2.45) is 0 Å². The van der Waals surface area contributed by atoms with E-state index in [0.717, 1.165) is 16.3 Å². The van der Waals surface area contributed by atoms with Crippen molar-refractivity contribution in [2.45, 2.75) is 19.4 Å². The second-order valence-electron chi connectivity index (χ2n) is 8.53. The van der Waals surface area contributed by atoms with Crippen molar-refractivity contribution in [3.63, 3.8) is 0 Å². The number of aromatic carboxylic acids is 1. The fourth-order valence-electron chi connectivity index (χ4n) is 4.02. The number of carbonyl (C=O) groups excluding carboxylic acids is 2. The minimum atomic E-state index is -1.16. The number of aromatic nitrogens is 2. The van der Waals surface area contributed by atoms with Gasteiger partial charge in [0.05, 0.1) is 11.1 Å². The molecule has 4 aromatic rings. The highest BCUT2D eigenvalue weighted by atomic mass is 35.5. The number of nitrogens with one attached hydrogen (secondary N) is 2. The topological polar surface area (TPSA) is 138 Å². The molecule has 0 radical (unpaired) electrons. The van der Waals surface area contributed by atoms with Crippen molar-refractivity contribution >= 4 is 34.9 Å². The molecule has 0 aliphatic rings. The number of carboxylic acid groups (broad SMARTS) is 1. The molecule has 3 aromatic carbocycles. The zero-order chi connectivity index (χ0) is 27.4. The summed E-state index contributed by atoms with van der Waals surface area (Å²) in [5, 5.41) is 14.5. The van der Waals surface area contributed by atoms with Crippen LogP contribution in [0, 0.1) is 0 Å². The zero-order valence-electron chi connectivity index (χ0n) is 20.1. The fourth-order valence-corrected chi connectivity index (χ4v) is 4.19. The fraction of sp³-hybridized carbons (Fsp3) is 0.107. The zero-order valence-corrected chi connectivity index (χ0v) is 20.9. The van der Waals surface area contributed by atoms with Gasteiger partial charge in [-0.2, -0.15) is 0 Å². The number of carboxylic acids is 1. The predicted octanol–water partition coefficient (Wildman–Crippen LogP) is 4.18. The molecular formula is C28H22ClN3O6. The second-order valence-corrected chi connectivity index (χ2v) is 8.97. The Morgan fingerprint density at radius 1 is 0.947 bits per heavy atom. The van der Waals surface area contributed by atoms with Crippen molar-refractivity contribution in [3.05, 3.63) is 121 Å². The quantitative estimate of drug-likeness (QED) is 0.292. The van der Waals surface area contributed by atoms with Crippen LogP contribution in [0.5, 0.6) is 0 Å². The predicted molar refractivity (Wildman–Crippen MR) is 143 cm³/mol. The molecule has 0 bridgehead atoms. The van der Waals surface area contributed by atoms with E-state index >= 15 is 0 Å². The number of benzene rings is 3. The summed E-state index contributed by atoms with van der Waals surface area (Å²) in [6.07, 6.45) is 0.0743. The van der Waals surface area contributed by atoms with Crippen molar-refractivity contribution in [1.82, 2.24) is 9.78 Å². The van der Waals surface area contributed by atoms with Gasteiger partial charge in [0.2, 0.25) is 5.91 Å². The molecule has 3 N–H and O–H groups in total. The Kier molecular flexibility index (Phi) is 7.68. The molecule has 0 aliphatic carbocycles. The number of hydrogen-bond acceptors (Lipinski definition) is 5. The smallest absolute Gasteiger partial charge is 0.335 e. The molecule has 0 saturated carbocycles. The van der Waals surface area contributed by atoms with E-state index in [1.54, 1.807) is 24.3 Å². The average molecular weight is 532 g/mol. The monoisotopic (exact) mass is 531 g/mol. The van der Waals surface area contributed by atoms with E-state index in [4.69, 9.17) is 16.7 Å². The van der Waals surface area contributed by atoms with Gasteiger partial charge in [-0.3, -0.25) is 24.3 Å². The second kappa shape index (κ2) is 11.1.